The van der Waals surface area contributed by atoms with Crippen LogP contribution in [0.25, 0.3) is 0 Å². The lowest BCUT2D eigenvalue weighted by Crippen LogP contribution is -2.54. The molecule has 1 saturated heterocycles. The first-order valence-electron chi connectivity index (χ1n) is 4.23. The molecule has 0 atom stereocenters. The maximum atomic E-state index is 3.34. The second-order valence-electron chi connectivity index (χ2n) is 2.80. The Morgan fingerprint density at radius 2 is 1.73 bits per heavy atom. The molecule has 0 spiro atoms. The molecule has 1 aliphatic heterocycles. The maximum Gasteiger partial charge on any atom is 0.0423 e. The van der Waals surface area contributed by atoms with Gasteiger partial charge in [0.05, 0.1) is 0 Å². The Morgan fingerprint density at radius 1 is 1.18 bits per heavy atom. The largest absolute Gasteiger partial charge is 0.317 e. The molecule has 1 aliphatic rings. The third-order valence-corrected chi connectivity index (χ3v) is 2.16. The Labute approximate surface area is 68.3 Å². The Bertz CT molecular complexity index is 96.6. The van der Waals surface area contributed by atoms with E-state index in [4.69, 9.17) is 0 Å². The summed E-state index contributed by atoms with van der Waals surface area (Å²) in [4.78, 5) is 0. The van der Waals surface area contributed by atoms with Gasteiger partial charge in [0.1, 0.15) is 0 Å². The van der Waals surface area contributed by atoms with Crippen LogP contribution in [0.2, 0.25) is 0 Å². The molecule has 1 rings (SSSR count). The fourth-order valence-electron chi connectivity index (χ4n) is 1.54. The summed E-state index contributed by atoms with van der Waals surface area (Å²) in [7, 11) is 3.89. The molecule has 0 aromatic heterocycles. The minimum Gasteiger partial charge on any atom is -0.317 e. The van der Waals surface area contributed by atoms with Crippen molar-refractivity contribution in [3.05, 3.63) is 0 Å². The number of nitrogens with one attached hydrogen (secondary N) is 3. The van der Waals surface area contributed by atoms with E-state index < -0.39 is 0 Å². The highest BCUT2D eigenvalue weighted by atomic mass is 15.7. The Kier molecular flexibility index (Phi) is 3.79. The van der Waals surface area contributed by atoms with Crippen LogP contribution in [0, 0.1) is 0 Å². The molecule has 0 aromatic rings. The van der Waals surface area contributed by atoms with Crippen LogP contribution in [-0.2, 0) is 0 Å². The Balaban J connectivity index is 2.30. The van der Waals surface area contributed by atoms with E-state index in [1.54, 1.807) is 0 Å². The van der Waals surface area contributed by atoms with Crippen molar-refractivity contribution in [2.45, 2.75) is 18.9 Å². The van der Waals surface area contributed by atoms with E-state index in [-0.39, 0.29) is 0 Å². The molecule has 1 fully saturated rings. The number of hydrogen-bond acceptors (Lipinski definition) is 4. The fourth-order valence-corrected chi connectivity index (χ4v) is 1.54. The SMILES string of the molecule is CNN(NC)C1CCNCC1. The molecular weight excluding hydrogens is 140 g/mol. The van der Waals surface area contributed by atoms with Crippen LogP contribution in [0.1, 0.15) is 12.8 Å². The van der Waals surface area contributed by atoms with Gasteiger partial charge in [0, 0.05) is 20.1 Å². The summed E-state index contributed by atoms with van der Waals surface area (Å²) in [5.74, 6) is 0. The van der Waals surface area contributed by atoms with E-state index in [0.29, 0.717) is 6.04 Å². The second kappa shape index (κ2) is 4.66. The second-order valence-corrected chi connectivity index (χ2v) is 2.80. The van der Waals surface area contributed by atoms with Crippen molar-refractivity contribution in [3.63, 3.8) is 0 Å². The first-order chi connectivity index (χ1) is 5.38. The summed E-state index contributed by atoms with van der Waals surface area (Å²) in [6.07, 6.45) is 2.42. The van der Waals surface area contributed by atoms with Crippen LogP contribution >= 0.6 is 0 Å². The first kappa shape index (κ1) is 8.93. The number of nitrogens with zero attached hydrogens (tertiary/aromatic N) is 1. The van der Waals surface area contributed by atoms with Crippen molar-refractivity contribution in [1.82, 2.24) is 21.3 Å². The highest BCUT2D eigenvalue weighted by molar-refractivity contribution is 4.72. The van der Waals surface area contributed by atoms with E-state index in [1.165, 1.54) is 12.8 Å². The van der Waals surface area contributed by atoms with Gasteiger partial charge in [-0.25, -0.2) is 10.9 Å². The normalized spacial score (nSPS) is 21.0. The lowest BCUT2D eigenvalue weighted by molar-refractivity contribution is 0.0637. The standard InChI is InChI=1S/C7H18N4/c1-8-11(9-2)7-3-5-10-6-4-7/h7-10H,3-6H2,1-2H3. The molecule has 4 nitrogen and oxygen atoms in total. The molecule has 0 aliphatic carbocycles. The van der Waals surface area contributed by atoms with Crippen molar-refractivity contribution in [1.29, 1.82) is 0 Å². The minimum atomic E-state index is 0.631. The lowest BCUT2D eigenvalue weighted by atomic mass is 10.1. The van der Waals surface area contributed by atoms with Crippen LogP contribution in [0.4, 0.5) is 0 Å². The van der Waals surface area contributed by atoms with Gasteiger partial charge in [0.2, 0.25) is 0 Å². The molecule has 0 radical (unpaired) electrons. The van der Waals surface area contributed by atoms with E-state index in [2.05, 4.69) is 21.3 Å². The van der Waals surface area contributed by atoms with Crippen LogP contribution in [0.15, 0.2) is 0 Å². The minimum absolute atomic E-state index is 0.631. The van der Waals surface area contributed by atoms with Crippen molar-refractivity contribution in [2.24, 2.45) is 0 Å². The van der Waals surface area contributed by atoms with Crippen molar-refractivity contribution in [3.8, 4) is 0 Å². The zero-order chi connectivity index (χ0) is 8.10. The number of rotatable bonds is 3. The number of hydrazine groups is 2. The third kappa shape index (κ3) is 2.41. The molecule has 66 valence electrons. The molecule has 0 bridgehead atoms. The van der Waals surface area contributed by atoms with Crippen molar-refractivity contribution < 1.29 is 0 Å². The molecule has 4 heteroatoms. The van der Waals surface area contributed by atoms with Gasteiger partial charge >= 0.3 is 0 Å². The summed E-state index contributed by atoms with van der Waals surface area (Å²) in [5, 5.41) is 5.41. The molecule has 3 N–H and O–H groups in total. The molecule has 0 amide bonds. The van der Waals surface area contributed by atoms with Gasteiger partial charge in [0.15, 0.2) is 0 Å². The molecular formula is C7H18N4. The first-order valence-corrected chi connectivity index (χ1v) is 4.23. The van der Waals surface area contributed by atoms with Crippen molar-refractivity contribution in [2.75, 3.05) is 27.2 Å². The fraction of sp³-hybridized carbons (Fsp3) is 1.00. The van der Waals surface area contributed by atoms with Crippen LogP contribution < -0.4 is 16.2 Å². The summed E-state index contributed by atoms with van der Waals surface area (Å²) in [5.41, 5.74) is 6.23. The third-order valence-electron chi connectivity index (χ3n) is 2.16. The lowest BCUT2D eigenvalue weighted by Gasteiger charge is -2.32. The summed E-state index contributed by atoms with van der Waals surface area (Å²) in [6.45, 7) is 2.26. The summed E-state index contributed by atoms with van der Waals surface area (Å²) >= 11 is 0. The van der Waals surface area contributed by atoms with Gasteiger partial charge in [-0.1, -0.05) is 0 Å². The molecule has 1 heterocycles. The quantitative estimate of drug-likeness (QED) is 0.475. The summed E-state index contributed by atoms with van der Waals surface area (Å²) < 4.78 is 0. The van der Waals surface area contributed by atoms with Gasteiger partial charge in [0.25, 0.3) is 0 Å². The maximum absolute atomic E-state index is 3.34. The zero-order valence-corrected chi connectivity index (χ0v) is 7.35. The average molecular weight is 158 g/mol. The van der Waals surface area contributed by atoms with Gasteiger partial charge < -0.3 is 5.32 Å². The summed E-state index contributed by atoms with van der Waals surface area (Å²) in [6, 6.07) is 0.631. The molecule has 0 saturated carbocycles. The van der Waals surface area contributed by atoms with Gasteiger partial charge in [-0.3, -0.25) is 0 Å². The predicted octanol–water partition coefficient (Wildman–Crippen LogP) is -0.691. The highest BCUT2D eigenvalue weighted by Crippen LogP contribution is 2.06. The highest BCUT2D eigenvalue weighted by Gasteiger charge is 2.17. The van der Waals surface area contributed by atoms with Gasteiger partial charge in [-0.05, 0) is 25.9 Å². The smallest absolute Gasteiger partial charge is 0.0423 e. The molecule has 0 aromatic carbocycles. The topological polar surface area (TPSA) is 39.3 Å². The molecule has 11 heavy (non-hydrogen) atoms. The monoisotopic (exact) mass is 158 g/mol. The van der Waals surface area contributed by atoms with Crippen LogP contribution in [-0.4, -0.2) is 38.3 Å². The van der Waals surface area contributed by atoms with E-state index in [9.17, 15) is 0 Å². The van der Waals surface area contributed by atoms with E-state index >= 15 is 0 Å². The van der Waals surface area contributed by atoms with E-state index in [1.807, 2.05) is 14.1 Å². The van der Waals surface area contributed by atoms with E-state index in [0.717, 1.165) is 13.1 Å². The number of piperidine rings is 1. The Hall–Kier alpha value is -0.160. The molecule has 0 unspecified atom stereocenters. The van der Waals surface area contributed by atoms with Crippen LogP contribution in [0.3, 0.4) is 0 Å². The van der Waals surface area contributed by atoms with Crippen molar-refractivity contribution >= 4 is 0 Å². The predicted molar refractivity (Wildman–Crippen MR) is 45.9 cm³/mol. The van der Waals surface area contributed by atoms with Gasteiger partial charge in [-0.2, -0.15) is 5.12 Å². The Morgan fingerprint density at radius 3 is 2.18 bits per heavy atom. The average Bonchev–Trinajstić information content (AvgIpc) is 2.09. The number of hydrogen-bond donors (Lipinski definition) is 3. The van der Waals surface area contributed by atoms with Crippen LogP contribution in [0.5, 0.6) is 0 Å². The zero-order valence-electron chi connectivity index (χ0n) is 7.35. The van der Waals surface area contributed by atoms with Gasteiger partial charge in [-0.15, -0.1) is 0 Å².